The van der Waals surface area contributed by atoms with E-state index in [1.165, 1.54) is 0 Å². The Bertz CT molecular complexity index is 217. The maximum absolute atomic E-state index is 12.0. The summed E-state index contributed by atoms with van der Waals surface area (Å²) in [5.74, 6) is 0.0736. The lowest BCUT2D eigenvalue weighted by atomic mass is 10.3. The van der Waals surface area contributed by atoms with Crippen molar-refractivity contribution >= 4 is 5.91 Å². The van der Waals surface area contributed by atoms with Crippen molar-refractivity contribution in [1.29, 1.82) is 0 Å². The van der Waals surface area contributed by atoms with Crippen molar-refractivity contribution < 1.29 is 14.3 Å². The van der Waals surface area contributed by atoms with E-state index in [9.17, 15) is 4.79 Å². The molecular formula is C11H22N2O3. The highest BCUT2D eigenvalue weighted by Crippen LogP contribution is 2.04. The number of nitrogens with one attached hydrogen (secondary N) is 1. The Morgan fingerprint density at radius 1 is 1.38 bits per heavy atom. The third-order valence-corrected chi connectivity index (χ3v) is 2.61. The lowest BCUT2D eigenvalue weighted by Crippen LogP contribution is -2.50. The fourth-order valence-corrected chi connectivity index (χ4v) is 1.82. The summed E-state index contributed by atoms with van der Waals surface area (Å²) in [5, 5.41) is 3.21. The highest BCUT2D eigenvalue weighted by molar-refractivity contribution is 5.80. The molecule has 1 rings (SSSR count). The van der Waals surface area contributed by atoms with Gasteiger partial charge in [-0.2, -0.15) is 0 Å². The maximum atomic E-state index is 12.0. The number of piperazine rings is 1. The van der Waals surface area contributed by atoms with E-state index < -0.39 is 0 Å². The normalized spacial score (nSPS) is 20.6. The van der Waals surface area contributed by atoms with Crippen LogP contribution in [0, 0.1) is 0 Å². The minimum Gasteiger partial charge on any atom is -0.382 e. The van der Waals surface area contributed by atoms with Gasteiger partial charge in [-0.1, -0.05) is 0 Å². The number of amides is 1. The van der Waals surface area contributed by atoms with E-state index in [2.05, 4.69) is 5.32 Å². The molecule has 5 heteroatoms. The Morgan fingerprint density at radius 3 is 2.56 bits per heavy atom. The molecule has 1 aliphatic rings. The Morgan fingerprint density at radius 2 is 2.00 bits per heavy atom. The summed E-state index contributed by atoms with van der Waals surface area (Å²) in [7, 11) is 1.63. The van der Waals surface area contributed by atoms with Gasteiger partial charge in [-0.3, -0.25) is 4.79 Å². The summed E-state index contributed by atoms with van der Waals surface area (Å²) in [6.07, 6.45) is -0.435. The Labute approximate surface area is 97.1 Å². The third kappa shape index (κ3) is 4.08. The minimum absolute atomic E-state index is 0.0492. The van der Waals surface area contributed by atoms with Gasteiger partial charge in [-0.15, -0.1) is 0 Å². The summed E-state index contributed by atoms with van der Waals surface area (Å²) in [5.41, 5.74) is 0. The van der Waals surface area contributed by atoms with Gasteiger partial charge in [0.2, 0.25) is 0 Å². The van der Waals surface area contributed by atoms with Crippen LogP contribution in [-0.2, 0) is 14.3 Å². The van der Waals surface area contributed by atoms with E-state index in [1.807, 2.05) is 11.8 Å². The van der Waals surface area contributed by atoms with Crippen LogP contribution in [0.2, 0.25) is 0 Å². The van der Waals surface area contributed by atoms with Gasteiger partial charge in [-0.25, -0.2) is 0 Å². The average Bonchev–Trinajstić information content (AvgIpc) is 2.29. The van der Waals surface area contributed by atoms with Gasteiger partial charge in [0, 0.05) is 33.3 Å². The summed E-state index contributed by atoms with van der Waals surface area (Å²) in [6.45, 7) is 7.50. The van der Waals surface area contributed by atoms with Gasteiger partial charge in [0.25, 0.3) is 5.91 Å². The molecule has 1 amide bonds. The molecule has 0 saturated carbocycles. The van der Waals surface area contributed by atoms with Gasteiger partial charge >= 0.3 is 0 Å². The first-order valence-electron chi connectivity index (χ1n) is 5.79. The van der Waals surface area contributed by atoms with Crippen molar-refractivity contribution in [3.05, 3.63) is 0 Å². The van der Waals surface area contributed by atoms with Gasteiger partial charge in [0.1, 0.15) is 6.10 Å². The van der Waals surface area contributed by atoms with Crippen LogP contribution in [0.1, 0.15) is 13.8 Å². The van der Waals surface area contributed by atoms with Crippen molar-refractivity contribution in [3.63, 3.8) is 0 Å². The molecule has 1 saturated heterocycles. The van der Waals surface area contributed by atoms with Crippen LogP contribution in [-0.4, -0.2) is 62.9 Å². The first-order valence-corrected chi connectivity index (χ1v) is 5.79. The predicted molar refractivity (Wildman–Crippen MR) is 61.3 cm³/mol. The first kappa shape index (κ1) is 13.4. The summed E-state index contributed by atoms with van der Waals surface area (Å²) in [6, 6.07) is 0. The van der Waals surface area contributed by atoms with E-state index in [1.54, 1.807) is 14.0 Å². The van der Waals surface area contributed by atoms with Crippen LogP contribution in [0.4, 0.5) is 0 Å². The molecule has 1 heterocycles. The molecule has 1 N–H and O–H groups in total. The zero-order valence-corrected chi connectivity index (χ0v) is 10.4. The van der Waals surface area contributed by atoms with Crippen LogP contribution < -0.4 is 5.32 Å². The molecule has 0 aliphatic carbocycles. The van der Waals surface area contributed by atoms with Crippen molar-refractivity contribution in [2.45, 2.75) is 26.1 Å². The lowest BCUT2D eigenvalue weighted by molar-refractivity contribution is -0.147. The maximum Gasteiger partial charge on any atom is 0.251 e. The Hall–Kier alpha value is -0.650. The molecule has 5 nitrogen and oxygen atoms in total. The monoisotopic (exact) mass is 230 g/mol. The van der Waals surface area contributed by atoms with Crippen molar-refractivity contribution in [3.8, 4) is 0 Å². The first-order chi connectivity index (χ1) is 7.65. The average molecular weight is 230 g/mol. The molecule has 2 unspecified atom stereocenters. The van der Waals surface area contributed by atoms with E-state index in [0.717, 1.165) is 26.2 Å². The number of hydrogen-bond acceptors (Lipinski definition) is 4. The molecular weight excluding hydrogens is 208 g/mol. The number of carbonyl (C=O) groups excluding carboxylic acids is 1. The highest BCUT2D eigenvalue weighted by atomic mass is 16.5. The molecule has 0 aromatic carbocycles. The standard InChI is InChI=1S/C11H22N2O3/c1-9(8-15-3)16-10(2)11(14)13-6-4-12-5-7-13/h9-10,12H,4-8H2,1-3H3. The molecule has 16 heavy (non-hydrogen) atoms. The van der Waals surface area contributed by atoms with Crippen LogP contribution in [0.5, 0.6) is 0 Å². The molecule has 0 bridgehead atoms. The number of hydrogen-bond donors (Lipinski definition) is 1. The van der Waals surface area contributed by atoms with Crippen molar-refractivity contribution in [2.24, 2.45) is 0 Å². The Kier molecular flexibility index (Phi) is 5.73. The smallest absolute Gasteiger partial charge is 0.251 e. The molecule has 0 radical (unpaired) electrons. The fraction of sp³-hybridized carbons (Fsp3) is 0.909. The molecule has 0 spiro atoms. The molecule has 1 fully saturated rings. The highest BCUT2D eigenvalue weighted by Gasteiger charge is 2.23. The van der Waals surface area contributed by atoms with E-state index in [4.69, 9.17) is 9.47 Å². The number of rotatable bonds is 5. The number of carbonyl (C=O) groups is 1. The lowest BCUT2D eigenvalue weighted by Gasteiger charge is -2.30. The number of nitrogens with zero attached hydrogens (tertiary/aromatic N) is 1. The second-order valence-electron chi connectivity index (χ2n) is 4.12. The minimum atomic E-state index is -0.386. The molecule has 0 aromatic rings. The van der Waals surface area contributed by atoms with Gasteiger partial charge in [0.15, 0.2) is 0 Å². The summed E-state index contributed by atoms with van der Waals surface area (Å²) >= 11 is 0. The molecule has 2 atom stereocenters. The Balaban J connectivity index is 2.34. The van der Waals surface area contributed by atoms with Gasteiger partial charge in [-0.05, 0) is 13.8 Å². The zero-order valence-electron chi connectivity index (χ0n) is 10.4. The second kappa shape index (κ2) is 6.83. The van der Waals surface area contributed by atoms with Crippen LogP contribution >= 0.6 is 0 Å². The second-order valence-corrected chi connectivity index (χ2v) is 4.12. The van der Waals surface area contributed by atoms with Crippen LogP contribution in [0.15, 0.2) is 0 Å². The van der Waals surface area contributed by atoms with Crippen LogP contribution in [0.3, 0.4) is 0 Å². The van der Waals surface area contributed by atoms with Gasteiger partial charge < -0.3 is 19.7 Å². The molecule has 94 valence electrons. The quantitative estimate of drug-likeness (QED) is 0.714. The topological polar surface area (TPSA) is 50.8 Å². The van der Waals surface area contributed by atoms with Crippen molar-refractivity contribution in [2.75, 3.05) is 39.9 Å². The number of methoxy groups -OCH3 is 1. The SMILES string of the molecule is COCC(C)OC(C)C(=O)N1CCNCC1. The van der Waals surface area contributed by atoms with Gasteiger partial charge in [0.05, 0.1) is 12.7 Å². The van der Waals surface area contributed by atoms with E-state index in [0.29, 0.717) is 6.61 Å². The van der Waals surface area contributed by atoms with Crippen molar-refractivity contribution in [1.82, 2.24) is 10.2 Å². The summed E-state index contributed by atoms with van der Waals surface area (Å²) in [4.78, 5) is 13.8. The molecule has 0 aromatic heterocycles. The third-order valence-electron chi connectivity index (χ3n) is 2.61. The van der Waals surface area contributed by atoms with Crippen LogP contribution in [0.25, 0.3) is 0 Å². The zero-order chi connectivity index (χ0) is 12.0. The van der Waals surface area contributed by atoms with E-state index >= 15 is 0 Å². The summed E-state index contributed by atoms with van der Waals surface area (Å²) < 4.78 is 10.5. The largest absolute Gasteiger partial charge is 0.382 e. The number of ether oxygens (including phenoxy) is 2. The fourth-order valence-electron chi connectivity index (χ4n) is 1.82. The predicted octanol–water partition coefficient (Wildman–Crippen LogP) is -0.142. The van der Waals surface area contributed by atoms with E-state index in [-0.39, 0.29) is 18.1 Å². The molecule has 1 aliphatic heterocycles.